The van der Waals surface area contributed by atoms with Crippen molar-refractivity contribution < 1.29 is 14.1 Å². The number of esters is 1. The number of ether oxygens (including phenoxy) is 1. The van der Waals surface area contributed by atoms with Crippen LogP contribution in [0.5, 0.6) is 0 Å². The van der Waals surface area contributed by atoms with Crippen LogP contribution in [0.15, 0.2) is 4.52 Å². The predicted octanol–water partition coefficient (Wildman–Crippen LogP) is 1.93. The van der Waals surface area contributed by atoms with Crippen LogP contribution in [0, 0.1) is 0 Å². The minimum absolute atomic E-state index is 0.211. The highest BCUT2D eigenvalue weighted by Crippen LogP contribution is 2.45. The second kappa shape index (κ2) is 3.82. The first-order valence-corrected chi connectivity index (χ1v) is 6.27. The Hall–Kier alpha value is -1.39. The van der Waals surface area contributed by atoms with E-state index < -0.39 is 5.41 Å². The van der Waals surface area contributed by atoms with E-state index in [-0.39, 0.29) is 5.97 Å². The fraction of sp³-hybridized carbons (Fsp3) is 0.750. The lowest BCUT2D eigenvalue weighted by Gasteiger charge is -2.35. The van der Waals surface area contributed by atoms with E-state index in [9.17, 15) is 4.79 Å². The van der Waals surface area contributed by atoms with Gasteiger partial charge in [-0.1, -0.05) is 11.6 Å². The van der Waals surface area contributed by atoms with Gasteiger partial charge in [0.2, 0.25) is 5.89 Å². The quantitative estimate of drug-likeness (QED) is 0.747. The molecular weight excluding hydrogens is 220 g/mol. The highest BCUT2D eigenvalue weighted by molar-refractivity contribution is 5.83. The smallest absolute Gasteiger partial charge is 0.321 e. The maximum absolute atomic E-state index is 12.0. The summed E-state index contributed by atoms with van der Waals surface area (Å²) in [5, 5.41) is 3.97. The fourth-order valence-corrected chi connectivity index (χ4v) is 2.24. The van der Waals surface area contributed by atoms with Crippen LogP contribution in [0.2, 0.25) is 0 Å². The molecule has 1 aromatic heterocycles. The third-order valence-corrected chi connectivity index (χ3v) is 3.67. The van der Waals surface area contributed by atoms with Crippen molar-refractivity contribution in [3.8, 4) is 0 Å². The summed E-state index contributed by atoms with van der Waals surface area (Å²) < 4.78 is 10.4. The van der Waals surface area contributed by atoms with Crippen LogP contribution in [0.25, 0.3) is 0 Å². The Labute approximate surface area is 99.5 Å². The molecule has 0 aliphatic heterocycles. The molecule has 5 nitrogen and oxygen atoms in total. The van der Waals surface area contributed by atoms with Gasteiger partial charge >= 0.3 is 5.97 Å². The van der Waals surface area contributed by atoms with Crippen molar-refractivity contribution in [3.63, 3.8) is 0 Å². The van der Waals surface area contributed by atoms with Crippen LogP contribution >= 0.6 is 0 Å². The normalized spacial score (nSPS) is 21.9. The maximum atomic E-state index is 12.0. The molecule has 0 amide bonds. The fourth-order valence-electron chi connectivity index (χ4n) is 2.24. The van der Waals surface area contributed by atoms with Gasteiger partial charge in [0.05, 0.1) is 6.61 Å². The van der Waals surface area contributed by atoms with Gasteiger partial charge in [-0.2, -0.15) is 4.98 Å². The topological polar surface area (TPSA) is 65.2 Å². The molecule has 0 N–H and O–H groups in total. The summed E-state index contributed by atoms with van der Waals surface area (Å²) in [5.74, 6) is 1.46. The lowest BCUT2D eigenvalue weighted by molar-refractivity contribution is -0.155. The first kappa shape index (κ1) is 10.7. The number of rotatable bonds is 4. The molecule has 2 fully saturated rings. The Bertz CT molecular complexity index is 433. The third kappa shape index (κ3) is 1.64. The summed E-state index contributed by atoms with van der Waals surface area (Å²) in [7, 11) is 0. The average molecular weight is 236 g/mol. The van der Waals surface area contributed by atoms with Crippen LogP contribution in [-0.2, 0) is 14.9 Å². The molecule has 2 aliphatic rings. The molecule has 1 heterocycles. The molecule has 0 spiro atoms. The SMILES string of the molecule is CCOC(=O)C1(c2nc(C3CC3)no2)CCC1. The van der Waals surface area contributed by atoms with E-state index in [2.05, 4.69) is 10.1 Å². The number of hydrogen-bond acceptors (Lipinski definition) is 5. The zero-order chi connectivity index (χ0) is 11.9. The lowest BCUT2D eigenvalue weighted by Crippen LogP contribution is -2.44. The monoisotopic (exact) mass is 236 g/mol. The van der Waals surface area contributed by atoms with Gasteiger partial charge in [-0.05, 0) is 32.6 Å². The maximum Gasteiger partial charge on any atom is 0.321 e. The Balaban J connectivity index is 1.85. The summed E-state index contributed by atoms with van der Waals surface area (Å²) in [4.78, 5) is 16.4. The van der Waals surface area contributed by atoms with E-state index in [1.165, 1.54) is 0 Å². The first-order valence-electron chi connectivity index (χ1n) is 6.27. The number of carbonyl (C=O) groups is 1. The van der Waals surface area contributed by atoms with Crippen LogP contribution in [0.1, 0.15) is 56.7 Å². The number of carbonyl (C=O) groups excluding carboxylic acids is 1. The van der Waals surface area contributed by atoms with Crippen molar-refractivity contribution in [2.45, 2.75) is 50.4 Å². The van der Waals surface area contributed by atoms with Gasteiger partial charge in [-0.15, -0.1) is 0 Å². The van der Waals surface area contributed by atoms with Crippen molar-refractivity contribution in [2.24, 2.45) is 0 Å². The molecular formula is C12H16N2O3. The standard InChI is InChI=1S/C12H16N2O3/c1-2-16-11(15)12(6-3-7-12)10-13-9(14-17-10)8-4-5-8/h8H,2-7H2,1H3. The van der Waals surface area contributed by atoms with Crippen molar-refractivity contribution in [2.75, 3.05) is 6.61 Å². The van der Waals surface area contributed by atoms with Gasteiger partial charge in [-0.25, -0.2) is 0 Å². The molecule has 0 aromatic carbocycles. The summed E-state index contributed by atoms with van der Waals surface area (Å²) in [6.07, 6.45) is 4.80. The minimum Gasteiger partial charge on any atom is -0.465 e. The first-order chi connectivity index (χ1) is 8.26. The largest absolute Gasteiger partial charge is 0.465 e. The summed E-state index contributed by atoms with van der Waals surface area (Å²) >= 11 is 0. The summed E-state index contributed by atoms with van der Waals surface area (Å²) in [6.45, 7) is 2.21. The van der Waals surface area contributed by atoms with Crippen LogP contribution in [-0.4, -0.2) is 22.7 Å². The zero-order valence-corrected chi connectivity index (χ0v) is 9.94. The molecule has 0 unspecified atom stereocenters. The Morgan fingerprint density at radius 2 is 2.29 bits per heavy atom. The Morgan fingerprint density at radius 3 is 2.82 bits per heavy atom. The van der Waals surface area contributed by atoms with Gasteiger partial charge in [0.1, 0.15) is 5.41 Å². The van der Waals surface area contributed by atoms with Crippen LogP contribution < -0.4 is 0 Å². The minimum atomic E-state index is -0.643. The second-order valence-corrected chi connectivity index (χ2v) is 4.89. The predicted molar refractivity (Wildman–Crippen MR) is 58.4 cm³/mol. The molecule has 2 aliphatic carbocycles. The highest BCUT2D eigenvalue weighted by Gasteiger charge is 2.52. The van der Waals surface area contributed by atoms with E-state index in [4.69, 9.17) is 9.26 Å². The lowest BCUT2D eigenvalue weighted by atomic mass is 9.68. The van der Waals surface area contributed by atoms with Crippen molar-refractivity contribution >= 4 is 5.97 Å². The summed E-state index contributed by atoms with van der Waals surface area (Å²) in [6, 6.07) is 0. The highest BCUT2D eigenvalue weighted by atomic mass is 16.5. The van der Waals surface area contributed by atoms with Crippen molar-refractivity contribution in [1.82, 2.24) is 10.1 Å². The molecule has 92 valence electrons. The van der Waals surface area contributed by atoms with Gasteiger partial charge in [-0.3, -0.25) is 4.79 Å². The second-order valence-electron chi connectivity index (χ2n) is 4.89. The molecule has 0 atom stereocenters. The van der Waals surface area contributed by atoms with Gasteiger partial charge < -0.3 is 9.26 Å². The Kier molecular flexibility index (Phi) is 2.42. The van der Waals surface area contributed by atoms with E-state index in [1.807, 2.05) is 6.92 Å². The number of aromatic nitrogens is 2. The zero-order valence-electron chi connectivity index (χ0n) is 9.94. The van der Waals surface area contributed by atoms with Crippen LogP contribution in [0.3, 0.4) is 0 Å². The third-order valence-electron chi connectivity index (χ3n) is 3.67. The molecule has 3 rings (SSSR count). The Morgan fingerprint density at radius 1 is 1.53 bits per heavy atom. The molecule has 5 heteroatoms. The number of nitrogens with zero attached hydrogens (tertiary/aromatic N) is 2. The molecule has 0 radical (unpaired) electrons. The van der Waals surface area contributed by atoms with E-state index in [0.29, 0.717) is 18.4 Å². The van der Waals surface area contributed by atoms with Crippen molar-refractivity contribution in [3.05, 3.63) is 11.7 Å². The molecule has 0 saturated heterocycles. The average Bonchev–Trinajstić information content (AvgIpc) is 2.98. The van der Waals surface area contributed by atoms with Crippen molar-refractivity contribution in [1.29, 1.82) is 0 Å². The van der Waals surface area contributed by atoms with Gasteiger partial charge in [0.25, 0.3) is 0 Å². The molecule has 1 aromatic rings. The van der Waals surface area contributed by atoms with Gasteiger partial charge in [0.15, 0.2) is 5.82 Å². The molecule has 17 heavy (non-hydrogen) atoms. The molecule has 2 saturated carbocycles. The van der Waals surface area contributed by atoms with Gasteiger partial charge in [0, 0.05) is 5.92 Å². The van der Waals surface area contributed by atoms with Crippen LogP contribution in [0.4, 0.5) is 0 Å². The molecule has 0 bridgehead atoms. The number of hydrogen-bond donors (Lipinski definition) is 0. The summed E-state index contributed by atoms with van der Waals surface area (Å²) in [5.41, 5.74) is -0.643. The van der Waals surface area contributed by atoms with E-state index >= 15 is 0 Å². The van der Waals surface area contributed by atoms with E-state index in [0.717, 1.165) is 37.9 Å². The van der Waals surface area contributed by atoms with E-state index in [1.54, 1.807) is 0 Å².